The molecule has 25 heavy (non-hydrogen) atoms. The third kappa shape index (κ3) is 5.28. The smallest absolute Gasteiger partial charge is 0.418 e. The van der Waals surface area contributed by atoms with Gasteiger partial charge in [-0.1, -0.05) is 36.2 Å². The number of carbonyl (C=O) groups excluding carboxylic acids is 1. The lowest BCUT2D eigenvalue weighted by Crippen LogP contribution is -2.33. The van der Waals surface area contributed by atoms with Crippen molar-refractivity contribution >= 4 is 34.8 Å². The molecule has 1 atom stereocenters. The lowest BCUT2D eigenvalue weighted by atomic mass is 10.1. The Balaban J connectivity index is 2.20. The molecule has 0 fully saturated rings. The number of benzene rings is 2. The molecular formula is C17H14Cl2F3NO2. The molecule has 0 aliphatic heterocycles. The van der Waals surface area contributed by atoms with E-state index in [2.05, 4.69) is 5.32 Å². The number of hydrogen-bond acceptors (Lipinski definition) is 2. The average Bonchev–Trinajstić information content (AvgIpc) is 2.53. The van der Waals surface area contributed by atoms with Crippen LogP contribution >= 0.6 is 23.2 Å². The number of anilines is 1. The third-order valence-electron chi connectivity index (χ3n) is 3.28. The average molecular weight is 392 g/mol. The second-order valence-corrected chi connectivity index (χ2v) is 6.02. The predicted octanol–water partition coefficient (Wildman–Crippen LogP) is 5.81. The molecule has 0 aliphatic rings. The van der Waals surface area contributed by atoms with E-state index in [1.54, 1.807) is 25.1 Å². The Kier molecular flexibility index (Phi) is 6.19. The largest absolute Gasteiger partial charge is 0.481 e. The number of nitrogens with one attached hydrogen (secondary N) is 1. The van der Waals surface area contributed by atoms with Crippen molar-refractivity contribution in [2.75, 3.05) is 5.32 Å². The molecule has 0 aromatic heterocycles. The minimum absolute atomic E-state index is 0.0763. The molecule has 2 aromatic carbocycles. The third-order valence-corrected chi connectivity index (χ3v) is 3.75. The summed E-state index contributed by atoms with van der Waals surface area (Å²) >= 11 is 11.5. The van der Waals surface area contributed by atoms with Gasteiger partial charge in [0.25, 0.3) is 5.91 Å². The summed E-state index contributed by atoms with van der Waals surface area (Å²) in [5.41, 5.74) is -1.40. The zero-order chi connectivity index (χ0) is 18.6. The summed E-state index contributed by atoms with van der Waals surface area (Å²) in [6, 6.07) is 9.53. The molecule has 0 spiro atoms. The van der Waals surface area contributed by atoms with Crippen LogP contribution in [0, 0.1) is 0 Å². The number of hydrogen-bond donors (Lipinski definition) is 1. The Bertz CT molecular complexity index is 766. The predicted molar refractivity (Wildman–Crippen MR) is 91.2 cm³/mol. The fraction of sp³-hybridized carbons (Fsp3) is 0.235. The van der Waals surface area contributed by atoms with Gasteiger partial charge < -0.3 is 10.1 Å². The molecule has 0 aliphatic carbocycles. The molecule has 134 valence electrons. The van der Waals surface area contributed by atoms with Crippen molar-refractivity contribution in [3.05, 3.63) is 58.1 Å². The number of ether oxygens (including phenoxy) is 1. The van der Waals surface area contributed by atoms with Gasteiger partial charge >= 0.3 is 6.18 Å². The second-order valence-electron chi connectivity index (χ2n) is 5.15. The van der Waals surface area contributed by atoms with Gasteiger partial charge in [-0.25, -0.2) is 0 Å². The van der Waals surface area contributed by atoms with E-state index in [9.17, 15) is 18.0 Å². The summed E-state index contributed by atoms with van der Waals surface area (Å²) in [5, 5.41) is 2.60. The molecule has 2 rings (SSSR count). The molecule has 1 N–H and O–H groups in total. The minimum Gasteiger partial charge on any atom is -0.481 e. The normalized spacial score (nSPS) is 12.6. The van der Waals surface area contributed by atoms with E-state index in [0.717, 1.165) is 12.1 Å². The summed E-state index contributed by atoms with van der Waals surface area (Å²) in [6.07, 6.45) is -5.37. The lowest BCUT2D eigenvalue weighted by molar-refractivity contribution is -0.137. The molecule has 3 nitrogen and oxygen atoms in total. The van der Waals surface area contributed by atoms with Crippen LogP contribution in [0.2, 0.25) is 10.0 Å². The topological polar surface area (TPSA) is 38.3 Å². The first-order valence-corrected chi connectivity index (χ1v) is 8.06. The molecule has 0 unspecified atom stereocenters. The van der Waals surface area contributed by atoms with Crippen LogP contribution in [0.3, 0.4) is 0 Å². The molecule has 0 heterocycles. The maximum Gasteiger partial charge on any atom is 0.418 e. The first-order chi connectivity index (χ1) is 11.7. The van der Waals surface area contributed by atoms with Gasteiger partial charge in [0.2, 0.25) is 0 Å². The van der Waals surface area contributed by atoms with Crippen molar-refractivity contribution in [3.63, 3.8) is 0 Å². The van der Waals surface area contributed by atoms with E-state index in [1.807, 2.05) is 0 Å². The fourth-order valence-corrected chi connectivity index (χ4v) is 2.45. The van der Waals surface area contributed by atoms with Gasteiger partial charge in [-0.15, -0.1) is 0 Å². The van der Waals surface area contributed by atoms with Crippen LogP contribution in [0.25, 0.3) is 0 Å². The van der Waals surface area contributed by atoms with Gasteiger partial charge in [-0.3, -0.25) is 4.79 Å². The zero-order valence-electron chi connectivity index (χ0n) is 13.0. The highest BCUT2D eigenvalue weighted by molar-refractivity contribution is 6.31. The van der Waals surface area contributed by atoms with Crippen molar-refractivity contribution < 1.29 is 22.7 Å². The minimum atomic E-state index is -4.65. The van der Waals surface area contributed by atoms with E-state index in [4.69, 9.17) is 27.9 Å². The highest BCUT2D eigenvalue weighted by Gasteiger charge is 2.34. The van der Waals surface area contributed by atoms with Crippen LogP contribution < -0.4 is 10.1 Å². The summed E-state index contributed by atoms with van der Waals surface area (Å²) in [6.45, 7) is 1.68. The number of amides is 1. The maximum absolute atomic E-state index is 13.1. The van der Waals surface area contributed by atoms with Gasteiger partial charge in [0.15, 0.2) is 6.10 Å². The van der Waals surface area contributed by atoms with Gasteiger partial charge in [-0.05, 0) is 42.8 Å². The van der Waals surface area contributed by atoms with Crippen molar-refractivity contribution in [2.24, 2.45) is 0 Å². The van der Waals surface area contributed by atoms with E-state index in [-0.39, 0.29) is 17.1 Å². The standard InChI is InChI=1S/C17H14Cl2F3NO2/c1-2-15(25-12-5-3-4-10(18)8-12)16(24)23-14-7-6-11(19)9-13(14)17(20,21)22/h3-9,15H,2H2,1H3,(H,23,24)/t15-/m0/s1. The molecule has 8 heteroatoms. The molecule has 0 saturated heterocycles. The number of halogens is 5. The Morgan fingerprint density at radius 3 is 2.44 bits per heavy atom. The van der Waals surface area contributed by atoms with Gasteiger partial charge in [0.05, 0.1) is 11.3 Å². The summed E-state index contributed by atoms with van der Waals surface area (Å²) in [7, 11) is 0. The van der Waals surface area contributed by atoms with Crippen molar-refractivity contribution in [1.82, 2.24) is 0 Å². The monoisotopic (exact) mass is 391 g/mol. The number of carbonyl (C=O) groups is 1. The van der Waals surface area contributed by atoms with Crippen LogP contribution in [-0.4, -0.2) is 12.0 Å². The van der Waals surface area contributed by atoms with Crippen LogP contribution in [0.15, 0.2) is 42.5 Å². The van der Waals surface area contributed by atoms with Crippen LogP contribution in [0.1, 0.15) is 18.9 Å². The van der Waals surface area contributed by atoms with Crippen molar-refractivity contribution in [2.45, 2.75) is 25.6 Å². The van der Waals surface area contributed by atoms with Gasteiger partial charge in [0, 0.05) is 10.0 Å². The van der Waals surface area contributed by atoms with Crippen LogP contribution in [-0.2, 0) is 11.0 Å². The van der Waals surface area contributed by atoms with Crippen molar-refractivity contribution in [3.8, 4) is 5.75 Å². The van der Waals surface area contributed by atoms with E-state index >= 15 is 0 Å². The highest BCUT2D eigenvalue weighted by Crippen LogP contribution is 2.36. The first kappa shape index (κ1) is 19.4. The van der Waals surface area contributed by atoms with E-state index < -0.39 is 23.8 Å². The SMILES string of the molecule is CC[C@H](Oc1cccc(Cl)c1)C(=O)Nc1ccc(Cl)cc1C(F)(F)F. The molecule has 0 bridgehead atoms. The summed E-state index contributed by atoms with van der Waals surface area (Å²) in [5.74, 6) is -0.350. The quantitative estimate of drug-likeness (QED) is 0.698. The fourth-order valence-electron chi connectivity index (χ4n) is 2.10. The van der Waals surface area contributed by atoms with E-state index in [1.165, 1.54) is 12.1 Å². The Morgan fingerprint density at radius 1 is 1.16 bits per heavy atom. The Morgan fingerprint density at radius 2 is 1.84 bits per heavy atom. The van der Waals surface area contributed by atoms with Gasteiger partial charge in [-0.2, -0.15) is 13.2 Å². The summed E-state index contributed by atoms with van der Waals surface area (Å²) < 4.78 is 44.8. The van der Waals surface area contributed by atoms with Crippen LogP contribution in [0.5, 0.6) is 5.75 Å². The molecule has 0 saturated carbocycles. The Hall–Kier alpha value is -1.92. The highest BCUT2D eigenvalue weighted by atomic mass is 35.5. The number of rotatable bonds is 5. The van der Waals surface area contributed by atoms with Crippen LogP contribution in [0.4, 0.5) is 18.9 Å². The maximum atomic E-state index is 13.1. The lowest BCUT2D eigenvalue weighted by Gasteiger charge is -2.19. The van der Waals surface area contributed by atoms with Gasteiger partial charge in [0.1, 0.15) is 5.75 Å². The molecular weight excluding hydrogens is 378 g/mol. The zero-order valence-corrected chi connectivity index (χ0v) is 14.5. The van der Waals surface area contributed by atoms with Crippen molar-refractivity contribution in [1.29, 1.82) is 0 Å². The second kappa shape index (κ2) is 7.97. The molecule has 0 radical (unpaired) electrons. The molecule has 2 aromatic rings. The van der Waals surface area contributed by atoms with E-state index in [0.29, 0.717) is 10.8 Å². The number of alkyl halides is 3. The Labute approximate surface area is 152 Å². The summed E-state index contributed by atoms with van der Waals surface area (Å²) in [4.78, 5) is 12.3. The first-order valence-electron chi connectivity index (χ1n) is 7.30. The molecule has 1 amide bonds.